The van der Waals surface area contributed by atoms with Gasteiger partial charge >= 0.3 is 0 Å². The molecule has 0 bridgehead atoms. The number of nitro groups is 1. The van der Waals surface area contributed by atoms with E-state index in [-0.39, 0.29) is 16.0 Å². The number of benzene rings is 3. The Hall–Kier alpha value is -3.74. The van der Waals surface area contributed by atoms with Crippen molar-refractivity contribution < 1.29 is 19.1 Å². The molecule has 3 aromatic carbocycles. The van der Waals surface area contributed by atoms with Gasteiger partial charge in [0.15, 0.2) is 11.5 Å². The lowest BCUT2D eigenvalue weighted by atomic mass is 9.77. The lowest BCUT2D eigenvalue weighted by Gasteiger charge is -2.26. The van der Waals surface area contributed by atoms with Gasteiger partial charge in [-0.15, -0.1) is 0 Å². The quantitative estimate of drug-likeness (QED) is 0.473. The number of ether oxygens (including phenoxy) is 3. The van der Waals surface area contributed by atoms with Crippen LogP contribution in [0.2, 0.25) is 0 Å². The Morgan fingerprint density at radius 2 is 1.71 bits per heavy atom. The van der Waals surface area contributed by atoms with Crippen molar-refractivity contribution in [3.63, 3.8) is 0 Å². The van der Waals surface area contributed by atoms with Crippen LogP contribution in [0.15, 0.2) is 60.7 Å². The molecule has 7 heteroatoms. The van der Waals surface area contributed by atoms with Gasteiger partial charge in [-0.25, -0.2) is 0 Å². The van der Waals surface area contributed by atoms with Crippen LogP contribution in [0.4, 0.5) is 11.4 Å². The predicted molar refractivity (Wildman–Crippen MR) is 114 cm³/mol. The van der Waals surface area contributed by atoms with Gasteiger partial charge in [0.2, 0.25) is 0 Å². The molecule has 0 radical (unpaired) electrons. The fourth-order valence-corrected chi connectivity index (χ4v) is 4.98. The lowest BCUT2D eigenvalue weighted by Crippen LogP contribution is -2.36. The monoisotopic (exact) mass is 416 g/mol. The van der Waals surface area contributed by atoms with E-state index in [0.29, 0.717) is 26.4 Å². The van der Waals surface area contributed by atoms with Gasteiger partial charge < -0.3 is 19.1 Å². The second-order valence-corrected chi connectivity index (χ2v) is 8.16. The summed E-state index contributed by atoms with van der Waals surface area (Å²) in [5.41, 5.74) is 4.13. The fraction of sp³-hybridized carbons (Fsp3) is 0.250. The van der Waals surface area contributed by atoms with Gasteiger partial charge in [0.05, 0.1) is 10.3 Å². The fourth-order valence-electron chi connectivity index (χ4n) is 4.98. The van der Waals surface area contributed by atoms with Crippen LogP contribution in [0, 0.1) is 10.1 Å². The summed E-state index contributed by atoms with van der Waals surface area (Å²) in [4.78, 5) is 13.1. The van der Waals surface area contributed by atoms with Crippen molar-refractivity contribution in [1.29, 1.82) is 0 Å². The summed E-state index contributed by atoms with van der Waals surface area (Å²) in [7, 11) is 0. The van der Waals surface area contributed by atoms with Crippen LogP contribution < -0.4 is 19.1 Å². The highest BCUT2D eigenvalue weighted by Crippen LogP contribution is 2.54. The highest BCUT2D eigenvalue weighted by molar-refractivity contribution is 5.71. The number of hydrogen-bond acceptors (Lipinski definition) is 6. The van der Waals surface area contributed by atoms with E-state index in [9.17, 15) is 10.1 Å². The molecule has 3 aliphatic heterocycles. The van der Waals surface area contributed by atoms with Gasteiger partial charge in [-0.2, -0.15) is 0 Å². The summed E-state index contributed by atoms with van der Waals surface area (Å²) in [5.74, 6) is 2.31. The van der Waals surface area contributed by atoms with E-state index in [4.69, 9.17) is 14.2 Å². The van der Waals surface area contributed by atoms with Gasteiger partial charge in [0.25, 0.3) is 5.69 Å². The molecule has 7 nitrogen and oxygen atoms in total. The van der Waals surface area contributed by atoms with Gasteiger partial charge in [-0.3, -0.25) is 10.1 Å². The zero-order valence-corrected chi connectivity index (χ0v) is 16.7. The first kappa shape index (κ1) is 18.1. The third-order valence-corrected chi connectivity index (χ3v) is 6.35. The van der Waals surface area contributed by atoms with Crippen LogP contribution in [-0.2, 0) is 12.0 Å². The number of para-hydroxylation sites is 1. The molecular weight excluding hydrogens is 396 g/mol. The Labute approximate surface area is 178 Å². The third kappa shape index (κ3) is 2.73. The molecule has 3 aliphatic rings. The molecule has 0 aliphatic carbocycles. The zero-order chi connectivity index (χ0) is 21.0. The molecule has 6 rings (SSSR count). The minimum absolute atomic E-state index is 0.109. The first-order chi connectivity index (χ1) is 15.1. The number of non-ortho nitro benzene ring substituents is 1. The van der Waals surface area contributed by atoms with E-state index in [0.717, 1.165) is 40.6 Å². The predicted octanol–water partition coefficient (Wildman–Crippen LogP) is 4.06. The molecule has 156 valence electrons. The zero-order valence-electron chi connectivity index (χ0n) is 16.7. The first-order valence-corrected chi connectivity index (χ1v) is 10.3. The van der Waals surface area contributed by atoms with Crippen molar-refractivity contribution >= 4 is 11.4 Å². The molecule has 3 heterocycles. The van der Waals surface area contributed by atoms with Crippen molar-refractivity contribution in [2.24, 2.45) is 0 Å². The molecule has 0 saturated carbocycles. The molecule has 1 spiro atoms. The highest BCUT2D eigenvalue weighted by atomic mass is 16.6. The van der Waals surface area contributed by atoms with E-state index in [1.54, 1.807) is 12.1 Å². The SMILES string of the molecule is O=[N+]([O-])c1cccc(CN2CC3(COc4cc5c(cc43)OCCO5)c3ccccc32)c1. The van der Waals surface area contributed by atoms with Crippen molar-refractivity contribution in [3.05, 3.63) is 87.5 Å². The Bertz CT molecular complexity index is 1210. The number of fused-ring (bicyclic) bond motifs is 5. The lowest BCUT2D eigenvalue weighted by molar-refractivity contribution is -0.384. The van der Waals surface area contributed by atoms with Crippen molar-refractivity contribution in [2.45, 2.75) is 12.0 Å². The van der Waals surface area contributed by atoms with Gasteiger partial charge in [-0.1, -0.05) is 30.3 Å². The standard InChI is InChI=1S/C24H20N2O5/c27-26(28)17-5-3-4-16(10-17)13-25-14-24(18-6-1-2-7-20(18)25)15-31-21-12-23-22(11-19(21)24)29-8-9-30-23/h1-7,10-12H,8-9,13-15H2. The van der Waals surface area contributed by atoms with E-state index in [1.807, 2.05) is 24.3 Å². The summed E-state index contributed by atoms with van der Waals surface area (Å²) in [6.45, 7) is 2.92. The topological polar surface area (TPSA) is 74.1 Å². The normalized spacial score (nSPS) is 20.3. The summed E-state index contributed by atoms with van der Waals surface area (Å²) in [5, 5.41) is 11.2. The molecule has 0 saturated heterocycles. The second-order valence-electron chi connectivity index (χ2n) is 8.16. The maximum absolute atomic E-state index is 11.2. The number of nitrogens with zero attached hydrogens (tertiary/aromatic N) is 2. The van der Waals surface area contributed by atoms with Crippen molar-refractivity contribution in [3.8, 4) is 17.2 Å². The molecule has 0 fully saturated rings. The number of hydrogen-bond donors (Lipinski definition) is 0. The average Bonchev–Trinajstić information content (AvgIpc) is 3.31. The van der Waals surface area contributed by atoms with Crippen LogP contribution in [0.25, 0.3) is 0 Å². The minimum atomic E-state index is -0.352. The van der Waals surface area contributed by atoms with E-state index in [2.05, 4.69) is 23.1 Å². The van der Waals surface area contributed by atoms with Crippen molar-refractivity contribution in [2.75, 3.05) is 31.3 Å². The highest BCUT2D eigenvalue weighted by Gasteiger charge is 2.50. The average molecular weight is 416 g/mol. The Balaban J connectivity index is 1.41. The van der Waals surface area contributed by atoms with E-state index >= 15 is 0 Å². The van der Waals surface area contributed by atoms with Gasteiger partial charge in [0, 0.05) is 42.5 Å². The van der Waals surface area contributed by atoms with Crippen LogP contribution in [0.5, 0.6) is 17.2 Å². The first-order valence-electron chi connectivity index (χ1n) is 10.3. The number of nitro benzene ring substituents is 1. The molecule has 0 aromatic heterocycles. The summed E-state index contributed by atoms with van der Waals surface area (Å²) in [6, 6.07) is 19.2. The molecule has 1 unspecified atom stereocenters. The smallest absolute Gasteiger partial charge is 0.269 e. The molecule has 31 heavy (non-hydrogen) atoms. The van der Waals surface area contributed by atoms with E-state index in [1.165, 1.54) is 11.6 Å². The number of rotatable bonds is 3. The Morgan fingerprint density at radius 3 is 2.55 bits per heavy atom. The van der Waals surface area contributed by atoms with Gasteiger partial charge in [0.1, 0.15) is 25.6 Å². The summed E-state index contributed by atoms with van der Waals surface area (Å²) < 4.78 is 17.7. The van der Waals surface area contributed by atoms with Crippen LogP contribution in [0.1, 0.15) is 16.7 Å². The third-order valence-electron chi connectivity index (χ3n) is 6.35. The van der Waals surface area contributed by atoms with Crippen LogP contribution >= 0.6 is 0 Å². The minimum Gasteiger partial charge on any atom is -0.492 e. The van der Waals surface area contributed by atoms with Crippen molar-refractivity contribution in [1.82, 2.24) is 0 Å². The molecular formula is C24H20N2O5. The molecule has 0 amide bonds. The molecule has 1 atom stereocenters. The summed E-state index contributed by atoms with van der Waals surface area (Å²) >= 11 is 0. The second kappa shape index (κ2) is 6.63. The van der Waals surface area contributed by atoms with Gasteiger partial charge in [-0.05, 0) is 23.3 Å². The van der Waals surface area contributed by atoms with E-state index < -0.39 is 0 Å². The number of anilines is 1. The largest absolute Gasteiger partial charge is 0.492 e. The van der Waals surface area contributed by atoms with Crippen LogP contribution in [0.3, 0.4) is 0 Å². The Kier molecular flexibility index (Phi) is 3.86. The summed E-state index contributed by atoms with van der Waals surface area (Å²) in [6.07, 6.45) is 0. The van der Waals surface area contributed by atoms with Crippen LogP contribution in [-0.4, -0.2) is 31.3 Å². The molecule has 3 aromatic rings. The molecule has 0 N–H and O–H groups in total. The maximum Gasteiger partial charge on any atom is 0.269 e. The maximum atomic E-state index is 11.2. The Morgan fingerprint density at radius 1 is 0.903 bits per heavy atom.